The number of rotatable bonds is 7. The quantitative estimate of drug-likeness (QED) is 0.571. The molecule has 0 saturated carbocycles. The van der Waals surface area contributed by atoms with E-state index in [1.807, 2.05) is 11.8 Å². The summed E-state index contributed by atoms with van der Waals surface area (Å²) in [6, 6.07) is 8.87. The normalized spacial score (nSPS) is 11.0. The Morgan fingerprint density at radius 1 is 1.06 bits per heavy atom. The third kappa shape index (κ3) is 5.04. The van der Waals surface area contributed by atoms with Crippen LogP contribution in [0.2, 0.25) is 0 Å². The van der Waals surface area contributed by atoms with Gasteiger partial charge in [-0.3, -0.25) is 0 Å². The van der Waals surface area contributed by atoms with Crippen molar-refractivity contribution in [2.75, 3.05) is 12.4 Å². The number of benzene rings is 1. The average molecular weight is 238 g/mol. The Kier molecular flexibility index (Phi) is 6.58. The van der Waals surface area contributed by atoms with Gasteiger partial charge in [0.2, 0.25) is 0 Å². The van der Waals surface area contributed by atoms with E-state index < -0.39 is 0 Å². The van der Waals surface area contributed by atoms with Crippen molar-refractivity contribution in [3.8, 4) is 0 Å². The Balaban J connectivity index is 2.27. The molecule has 0 radical (unpaired) electrons. The molecule has 0 aliphatic carbocycles. The predicted octanol–water partition coefficient (Wildman–Crippen LogP) is 4.06. The molecule has 0 aliphatic rings. The summed E-state index contributed by atoms with van der Waals surface area (Å²) in [7, 11) is 0. The van der Waals surface area contributed by atoms with Gasteiger partial charge in [0.25, 0.3) is 0 Å². The molecular weight excluding hydrogens is 216 g/mol. The van der Waals surface area contributed by atoms with Crippen LogP contribution in [0.1, 0.15) is 44.6 Å². The molecule has 0 atom stereocenters. The standard InChI is InChI=1S/C14H22OS/c1-12(2)13-6-8-14(9-7-13)16-11-5-3-4-10-15/h6-9,12,15H,3-5,10-11H2,1-2H3. The minimum Gasteiger partial charge on any atom is -0.396 e. The molecule has 1 nitrogen and oxygen atoms in total. The molecule has 0 aromatic heterocycles. The van der Waals surface area contributed by atoms with Gasteiger partial charge < -0.3 is 5.11 Å². The van der Waals surface area contributed by atoms with Crippen LogP contribution in [0.4, 0.5) is 0 Å². The molecule has 1 aromatic rings. The highest BCUT2D eigenvalue weighted by Gasteiger charge is 1.99. The number of unbranched alkanes of at least 4 members (excludes halogenated alkanes) is 2. The molecule has 1 N–H and O–H groups in total. The van der Waals surface area contributed by atoms with Gasteiger partial charge in [0, 0.05) is 11.5 Å². The maximum absolute atomic E-state index is 8.66. The maximum atomic E-state index is 8.66. The molecule has 0 spiro atoms. The van der Waals surface area contributed by atoms with Gasteiger partial charge in [0.1, 0.15) is 0 Å². The van der Waals surface area contributed by atoms with E-state index in [0.29, 0.717) is 12.5 Å². The average Bonchev–Trinajstić information content (AvgIpc) is 2.29. The van der Waals surface area contributed by atoms with Gasteiger partial charge in [-0.05, 0) is 42.2 Å². The lowest BCUT2D eigenvalue weighted by Crippen LogP contribution is -1.87. The fraction of sp³-hybridized carbons (Fsp3) is 0.571. The molecule has 1 aromatic carbocycles. The molecule has 0 amide bonds. The van der Waals surface area contributed by atoms with Gasteiger partial charge in [0.05, 0.1) is 0 Å². The van der Waals surface area contributed by atoms with Gasteiger partial charge in [-0.25, -0.2) is 0 Å². The molecule has 0 heterocycles. The Labute approximate surface area is 103 Å². The van der Waals surface area contributed by atoms with Crippen LogP contribution in [0.5, 0.6) is 0 Å². The van der Waals surface area contributed by atoms with Crippen molar-refractivity contribution in [3.05, 3.63) is 29.8 Å². The van der Waals surface area contributed by atoms with Gasteiger partial charge in [-0.2, -0.15) is 0 Å². The second kappa shape index (κ2) is 7.75. The first-order valence-corrected chi connectivity index (χ1v) is 7.06. The zero-order valence-electron chi connectivity index (χ0n) is 10.3. The number of aliphatic hydroxyl groups is 1. The zero-order valence-corrected chi connectivity index (χ0v) is 11.1. The minimum atomic E-state index is 0.327. The van der Waals surface area contributed by atoms with Crippen LogP contribution in [0.15, 0.2) is 29.2 Å². The molecule has 0 bridgehead atoms. The predicted molar refractivity (Wildman–Crippen MR) is 72.2 cm³/mol. The van der Waals surface area contributed by atoms with Crippen LogP contribution >= 0.6 is 11.8 Å². The number of hydrogen-bond donors (Lipinski definition) is 1. The number of thioether (sulfide) groups is 1. The molecule has 0 aliphatic heterocycles. The first kappa shape index (κ1) is 13.6. The smallest absolute Gasteiger partial charge is 0.0431 e. The summed E-state index contributed by atoms with van der Waals surface area (Å²) < 4.78 is 0. The Morgan fingerprint density at radius 2 is 1.75 bits per heavy atom. The van der Waals surface area contributed by atoms with Crippen molar-refractivity contribution in [3.63, 3.8) is 0 Å². The Morgan fingerprint density at radius 3 is 2.31 bits per heavy atom. The lowest BCUT2D eigenvalue weighted by Gasteiger charge is -2.06. The molecule has 0 saturated heterocycles. The highest BCUT2D eigenvalue weighted by molar-refractivity contribution is 7.99. The molecule has 1 rings (SSSR count). The van der Waals surface area contributed by atoms with Crippen LogP contribution in [-0.2, 0) is 0 Å². The third-order valence-electron chi connectivity index (χ3n) is 2.62. The monoisotopic (exact) mass is 238 g/mol. The highest BCUT2D eigenvalue weighted by Crippen LogP contribution is 2.22. The maximum Gasteiger partial charge on any atom is 0.0431 e. The molecule has 0 fully saturated rings. The SMILES string of the molecule is CC(C)c1ccc(SCCCCCO)cc1. The lowest BCUT2D eigenvalue weighted by atomic mass is 10.0. The van der Waals surface area contributed by atoms with Crippen LogP contribution in [0, 0.1) is 0 Å². The van der Waals surface area contributed by atoms with Crippen molar-refractivity contribution in [2.24, 2.45) is 0 Å². The minimum absolute atomic E-state index is 0.327. The molecule has 16 heavy (non-hydrogen) atoms. The fourth-order valence-electron chi connectivity index (χ4n) is 1.53. The van der Waals surface area contributed by atoms with Crippen LogP contribution in [0.3, 0.4) is 0 Å². The van der Waals surface area contributed by atoms with Crippen molar-refractivity contribution in [1.29, 1.82) is 0 Å². The van der Waals surface area contributed by atoms with Crippen molar-refractivity contribution < 1.29 is 5.11 Å². The zero-order chi connectivity index (χ0) is 11.8. The summed E-state index contributed by atoms with van der Waals surface area (Å²) in [5.74, 6) is 1.77. The van der Waals surface area contributed by atoms with Gasteiger partial charge in [0.15, 0.2) is 0 Å². The van der Waals surface area contributed by atoms with Gasteiger partial charge in [-0.15, -0.1) is 11.8 Å². The van der Waals surface area contributed by atoms with E-state index in [4.69, 9.17) is 5.11 Å². The van der Waals surface area contributed by atoms with E-state index in [1.165, 1.54) is 16.9 Å². The van der Waals surface area contributed by atoms with E-state index in [2.05, 4.69) is 38.1 Å². The van der Waals surface area contributed by atoms with E-state index in [9.17, 15) is 0 Å². The van der Waals surface area contributed by atoms with Crippen LogP contribution in [0.25, 0.3) is 0 Å². The van der Waals surface area contributed by atoms with Crippen LogP contribution < -0.4 is 0 Å². The summed E-state index contributed by atoms with van der Waals surface area (Å²) >= 11 is 1.91. The largest absolute Gasteiger partial charge is 0.396 e. The van der Waals surface area contributed by atoms with Gasteiger partial charge >= 0.3 is 0 Å². The van der Waals surface area contributed by atoms with Crippen molar-refractivity contribution >= 4 is 11.8 Å². The second-order valence-corrected chi connectivity index (χ2v) is 5.52. The molecule has 2 heteroatoms. The first-order valence-electron chi connectivity index (χ1n) is 6.07. The first-order chi connectivity index (χ1) is 7.74. The molecular formula is C14H22OS. The van der Waals surface area contributed by atoms with E-state index >= 15 is 0 Å². The Bertz CT molecular complexity index is 279. The molecule has 0 unspecified atom stereocenters. The fourth-order valence-corrected chi connectivity index (χ4v) is 2.44. The topological polar surface area (TPSA) is 20.2 Å². The number of aliphatic hydroxyl groups excluding tert-OH is 1. The summed E-state index contributed by atoms with van der Waals surface area (Å²) in [5, 5.41) is 8.66. The Hall–Kier alpha value is -0.470. The van der Waals surface area contributed by atoms with Crippen LogP contribution in [-0.4, -0.2) is 17.5 Å². The van der Waals surface area contributed by atoms with Gasteiger partial charge in [-0.1, -0.05) is 32.4 Å². The third-order valence-corrected chi connectivity index (χ3v) is 3.72. The summed E-state index contributed by atoms with van der Waals surface area (Å²) in [6.07, 6.45) is 3.26. The summed E-state index contributed by atoms with van der Waals surface area (Å²) in [6.45, 7) is 4.77. The molecule has 90 valence electrons. The summed E-state index contributed by atoms with van der Waals surface area (Å²) in [5.41, 5.74) is 1.41. The summed E-state index contributed by atoms with van der Waals surface area (Å²) in [4.78, 5) is 1.35. The number of hydrogen-bond acceptors (Lipinski definition) is 2. The lowest BCUT2D eigenvalue weighted by molar-refractivity contribution is 0.284. The van der Waals surface area contributed by atoms with E-state index in [-0.39, 0.29) is 0 Å². The van der Waals surface area contributed by atoms with E-state index in [1.54, 1.807) is 0 Å². The van der Waals surface area contributed by atoms with Crippen molar-refractivity contribution in [1.82, 2.24) is 0 Å². The highest BCUT2D eigenvalue weighted by atomic mass is 32.2. The second-order valence-electron chi connectivity index (χ2n) is 4.36. The van der Waals surface area contributed by atoms with Crippen molar-refractivity contribution in [2.45, 2.75) is 43.9 Å². The van der Waals surface area contributed by atoms with E-state index in [0.717, 1.165) is 18.6 Å².